The highest BCUT2D eigenvalue weighted by Gasteiger charge is 2.06. The Morgan fingerprint density at radius 3 is 2.28 bits per heavy atom. The third kappa shape index (κ3) is 4.99. The van der Waals surface area contributed by atoms with E-state index in [9.17, 15) is 9.59 Å². The van der Waals surface area contributed by atoms with Gasteiger partial charge in [0.1, 0.15) is 0 Å². The number of amides is 1. The number of aryl methyl sites for hydroxylation is 2. The minimum Gasteiger partial charge on any atom is -0.469 e. The van der Waals surface area contributed by atoms with Crippen molar-refractivity contribution in [3.05, 3.63) is 29.3 Å². The fourth-order valence-electron chi connectivity index (χ4n) is 1.77. The largest absolute Gasteiger partial charge is 0.469 e. The molecular formula is C14H19NO3. The van der Waals surface area contributed by atoms with E-state index in [1.807, 2.05) is 32.0 Å². The molecule has 0 saturated carbocycles. The molecule has 4 heteroatoms. The van der Waals surface area contributed by atoms with E-state index in [1.54, 1.807) is 0 Å². The van der Waals surface area contributed by atoms with E-state index < -0.39 is 0 Å². The molecule has 0 aliphatic heterocycles. The number of benzene rings is 1. The molecule has 0 aliphatic rings. The number of hydrogen-bond donors (Lipinski definition) is 1. The molecule has 0 heterocycles. The van der Waals surface area contributed by atoms with Gasteiger partial charge in [0.2, 0.25) is 5.91 Å². The summed E-state index contributed by atoms with van der Waals surface area (Å²) in [6.07, 6.45) is 1.10. The van der Waals surface area contributed by atoms with Gasteiger partial charge >= 0.3 is 5.97 Å². The van der Waals surface area contributed by atoms with Gasteiger partial charge in [-0.1, -0.05) is 6.07 Å². The van der Waals surface area contributed by atoms with Crippen molar-refractivity contribution < 1.29 is 14.3 Å². The minimum atomic E-state index is -0.283. The molecule has 0 unspecified atom stereocenters. The lowest BCUT2D eigenvalue weighted by Crippen LogP contribution is -2.12. The molecule has 1 N–H and O–H groups in total. The van der Waals surface area contributed by atoms with E-state index in [-0.39, 0.29) is 18.3 Å². The minimum absolute atomic E-state index is 0.0797. The number of esters is 1. The number of ether oxygens (including phenoxy) is 1. The Bertz CT molecular complexity index is 420. The fraction of sp³-hybridized carbons (Fsp3) is 0.429. The average molecular weight is 249 g/mol. The van der Waals surface area contributed by atoms with Gasteiger partial charge in [0.25, 0.3) is 0 Å². The van der Waals surface area contributed by atoms with Gasteiger partial charge in [-0.15, -0.1) is 0 Å². The number of hydrogen-bond acceptors (Lipinski definition) is 3. The smallest absolute Gasteiger partial charge is 0.305 e. The Kier molecular flexibility index (Phi) is 5.36. The quantitative estimate of drug-likeness (QED) is 0.816. The van der Waals surface area contributed by atoms with Crippen molar-refractivity contribution in [2.45, 2.75) is 33.1 Å². The molecule has 0 radical (unpaired) electrons. The van der Waals surface area contributed by atoms with E-state index in [4.69, 9.17) is 0 Å². The van der Waals surface area contributed by atoms with Crippen LogP contribution in [0.2, 0.25) is 0 Å². The zero-order chi connectivity index (χ0) is 13.5. The lowest BCUT2D eigenvalue weighted by molar-refractivity contribution is -0.140. The third-order valence-electron chi connectivity index (χ3n) is 2.52. The van der Waals surface area contributed by atoms with Gasteiger partial charge in [0, 0.05) is 18.5 Å². The summed E-state index contributed by atoms with van der Waals surface area (Å²) in [5, 5.41) is 2.82. The van der Waals surface area contributed by atoms with Crippen LogP contribution in [-0.4, -0.2) is 19.0 Å². The van der Waals surface area contributed by atoms with Crippen molar-refractivity contribution in [1.29, 1.82) is 0 Å². The van der Waals surface area contributed by atoms with Crippen molar-refractivity contribution in [3.8, 4) is 0 Å². The number of nitrogens with one attached hydrogen (secondary N) is 1. The molecule has 98 valence electrons. The van der Waals surface area contributed by atoms with Crippen molar-refractivity contribution >= 4 is 17.6 Å². The van der Waals surface area contributed by atoms with Crippen LogP contribution in [0, 0.1) is 13.8 Å². The monoisotopic (exact) mass is 249 g/mol. The topological polar surface area (TPSA) is 55.4 Å². The Hall–Kier alpha value is -1.84. The van der Waals surface area contributed by atoms with E-state index in [0.717, 1.165) is 16.8 Å². The highest BCUT2D eigenvalue weighted by molar-refractivity contribution is 5.91. The molecule has 0 aliphatic carbocycles. The van der Waals surface area contributed by atoms with E-state index in [1.165, 1.54) is 7.11 Å². The summed E-state index contributed by atoms with van der Waals surface area (Å²) in [5.74, 6) is -0.363. The molecule has 1 aromatic rings. The SMILES string of the molecule is COC(=O)CCCC(=O)Nc1cc(C)cc(C)c1. The first-order chi connectivity index (χ1) is 8.51. The Morgan fingerprint density at radius 2 is 1.72 bits per heavy atom. The summed E-state index contributed by atoms with van der Waals surface area (Å²) in [6.45, 7) is 3.97. The molecule has 0 fully saturated rings. The first-order valence-corrected chi connectivity index (χ1v) is 5.96. The second-order valence-corrected chi connectivity index (χ2v) is 4.35. The molecule has 1 rings (SSSR count). The maximum atomic E-state index is 11.6. The number of rotatable bonds is 5. The number of carbonyl (C=O) groups excluding carboxylic acids is 2. The second kappa shape index (κ2) is 6.79. The molecule has 1 aromatic carbocycles. The molecular weight excluding hydrogens is 230 g/mol. The summed E-state index contributed by atoms with van der Waals surface area (Å²) in [7, 11) is 1.35. The lowest BCUT2D eigenvalue weighted by Gasteiger charge is -2.07. The number of carbonyl (C=O) groups is 2. The number of anilines is 1. The van der Waals surface area contributed by atoms with Crippen molar-refractivity contribution in [2.75, 3.05) is 12.4 Å². The summed E-state index contributed by atoms with van der Waals surface area (Å²) >= 11 is 0. The van der Waals surface area contributed by atoms with Crippen LogP contribution in [-0.2, 0) is 14.3 Å². The summed E-state index contributed by atoms with van der Waals surface area (Å²) in [6, 6.07) is 5.89. The van der Waals surface area contributed by atoms with Crippen LogP contribution in [0.5, 0.6) is 0 Å². The summed E-state index contributed by atoms with van der Waals surface area (Å²) in [5.41, 5.74) is 3.02. The predicted molar refractivity (Wildman–Crippen MR) is 70.4 cm³/mol. The van der Waals surface area contributed by atoms with E-state index in [2.05, 4.69) is 10.1 Å². The van der Waals surface area contributed by atoms with Crippen LogP contribution in [0.1, 0.15) is 30.4 Å². The van der Waals surface area contributed by atoms with Crippen LogP contribution in [0.3, 0.4) is 0 Å². The van der Waals surface area contributed by atoms with Gasteiger partial charge < -0.3 is 10.1 Å². The van der Waals surface area contributed by atoms with Crippen molar-refractivity contribution in [1.82, 2.24) is 0 Å². The Balaban J connectivity index is 2.42. The Labute approximate surface area is 107 Å². The van der Waals surface area contributed by atoms with Crippen molar-refractivity contribution in [2.24, 2.45) is 0 Å². The second-order valence-electron chi connectivity index (χ2n) is 4.35. The standard InChI is InChI=1S/C14H19NO3/c1-10-7-11(2)9-12(8-10)15-13(16)5-4-6-14(17)18-3/h7-9H,4-6H2,1-3H3,(H,15,16). The van der Waals surface area contributed by atoms with Gasteiger partial charge in [-0.05, 0) is 43.5 Å². The first-order valence-electron chi connectivity index (χ1n) is 5.96. The van der Waals surface area contributed by atoms with Gasteiger partial charge in [-0.25, -0.2) is 0 Å². The van der Waals surface area contributed by atoms with Gasteiger partial charge in [0.05, 0.1) is 7.11 Å². The molecule has 0 aromatic heterocycles. The predicted octanol–water partition coefficient (Wildman–Crippen LogP) is 2.59. The van der Waals surface area contributed by atoms with E-state index >= 15 is 0 Å². The molecule has 1 amide bonds. The van der Waals surface area contributed by atoms with Crippen LogP contribution >= 0.6 is 0 Å². The van der Waals surface area contributed by atoms with Crippen LogP contribution in [0.4, 0.5) is 5.69 Å². The average Bonchev–Trinajstić information content (AvgIpc) is 2.27. The molecule has 0 spiro atoms. The normalized spacial score (nSPS) is 9.94. The Morgan fingerprint density at radius 1 is 1.11 bits per heavy atom. The van der Waals surface area contributed by atoms with Crippen LogP contribution in [0.15, 0.2) is 18.2 Å². The number of methoxy groups -OCH3 is 1. The highest BCUT2D eigenvalue weighted by Crippen LogP contribution is 2.14. The molecule has 18 heavy (non-hydrogen) atoms. The third-order valence-corrected chi connectivity index (χ3v) is 2.52. The lowest BCUT2D eigenvalue weighted by atomic mass is 10.1. The highest BCUT2D eigenvalue weighted by atomic mass is 16.5. The molecule has 0 bridgehead atoms. The van der Waals surface area contributed by atoms with E-state index in [0.29, 0.717) is 12.8 Å². The van der Waals surface area contributed by atoms with Gasteiger partial charge in [0.15, 0.2) is 0 Å². The zero-order valence-corrected chi connectivity index (χ0v) is 11.1. The summed E-state index contributed by atoms with van der Waals surface area (Å²) < 4.78 is 4.51. The molecule has 0 atom stereocenters. The first kappa shape index (κ1) is 14.2. The molecule has 4 nitrogen and oxygen atoms in total. The van der Waals surface area contributed by atoms with Crippen LogP contribution in [0.25, 0.3) is 0 Å². The summed E-state index contributed by atoms with van der Waals surface area (Å²) in [4.78, 5) is 22.5. The van der Waals surface area contributed by atoms with Gasteiger partial charge in [-0.3, -0.25) is 9.59 Å². The van der Waals surface area contributed by atoms with Crippen LogP contribution < -0.4 is 5.32 Å². The maximum Gasteiger partial charge on any atom is 0.305 e. The van der Waals surface area contributed by atoms with Crippen molar-refractivity contribution in [3.63, 3.8) is 0 Å². The fourth-order valence-corrected chi connectivity index (χ4v) is 1.77. The zero-order valence-electron chi connectivity index (χ0n) is 11.1. The van der Waals surface area contributed by atoms with Gasteiger partial charge in [-0.2, -0.15) is 0 Å². The maximum absolute atomic E-state index is 11.6. The molecule has 0 saturated heterocycles.